The summed E-state index contributed by atoms with van der Waals surface area (Å²) in [5, 5.41) is 55.1. The van der Waals surface area contributed by atoms with Gasteiger partial charge in [-0.1, -0.05) is 165 Å². The molecule has 1 rings (SSSR count). The van der Waals surface area contributed by atoms with Gasteiger partial charge in [0.1, 0.15) is 30.5 Å². The fourth-order valence-corrected chi connectivity index (χ4v) is 7.82. The van der Waals surface area contributed by atoms with E-state index in [1.54, 1.807) is 6.08 Å². The number of carbonyl (C=O) groups excluding carboxylic acids is 1. The first kappa shape index (κ1) is 58.0. The number of amides is 1. The second-order valence-corrected chi connectivity index (χ2v) is 17.9. The van der Waals surface area contributed by atoms with Crippen molar-refractivity contribution in [1.82, 2.24) is 5.32 Å². The quantitative estimate of drug-likeness (QED) is 0.0175. The van der Waals surface area contributed by atoms with Crippen LogP contribution in [0.25, 0.3) is 0 Å². The maximum Gasteiger partial charge on any atom is 0.397 e. The number of aliphatic hydroxyl groups excluding tert-OH is 5. The van der Waals surface area contributed by atoms with E-state index >= 15 is 0 Å². The molecule has 1 fully saturated rings. The summed E-state index contributed by atoms with van der Waals surface area (Å²) >= 11 is 0. The molecular weight excluding hydrogens is 815 g/mol. The fourth-order valence-electron chi connectivity index (χ4n) is 7.31. The van der Waals surface area contributed by atoms with E-state index in [4.69, 9.17) is 9.47 Å². The first-order valence-corrected chi connectivity index (χ1v) is 25.5. The molecule has 1 aliphatic rings. The molecule has 1 heterocycles. The molecular formula is C48H87NO12S. The highest BCUT2D eigenvalue weighted by atomic mass is 32.3. The monoisotopic (exact) mass is 902 g/mol. The molecule has 14 heteroatoms. The van der Waals surface area contributed by atoms with E-state index < -0.39 is 78.5 Å². The molecule has 0 bridgehead atoms. The Kier molecular flexibility index (Phi) is 35.9. The summed E-state index contributed by atoms with van der Waals surface area (Å²) in [5.41, 5.74) is 0. The van der Waals surface area contributed by atoms with Gasteiger partial charge in [-0.25, -0.2) is 4.18 Å². The van der Waals surface area contributed by atoms with Crippen molar-refractivity contribution in [1.29, 1.82) is 0 Å². The van der Waals surface area contributed by atoms with Crippen molar-refractivity contribution < 1.29 is 57.0 Å². The minimum absolute atomic E-state index is 0.202. The molecule has 0 aromatic carbocycles. The largest absolute Gasteiger partial charge is 0.397 e. The topological polar surface area (TPSA) is 212 Å². The normalized spacial score (nSPS) is 21.5. The Labute approximate surface area is 375 Å². The average molecular weight is 902 g/mol. The number of allylic oxidation sites excluding steroid dienone is 7. The molecule has 8 unspecified atom stereocenters. The van der Waals surface area contributed by atoms with Crippen molar-refractivity contribution in [3.05, 3.63) is 48.6 Å². The van der Waals surface area contributed by atoms with Gasteiger partial charge < -0.3 is 40.3 Å². The number of ether oxygens (including phenoxy) is 2. The van der Waals surface area contributed by atoms with Gasteiger partial charge in [-0.05, 0) is 70.6 Å². The second-order valence-electron chi connectivity index (χ2n) is 16.8. The maximum atomic E-state index is 13.1. The van der Waals surface area contributed by atoms with Crippen LogP contribution < -0.4 is 5.32 Å². The zero-order valence-electron chi connectivity index (χ0n) is 38.3. The Bertz CT molecular complexity index is 1310. The van der Waals surface area contributed by atoms with Gasteiger partial charge in [-0.3, -0.25) is 9.35 Å². The molecule has 62 heavy (non-hydrogen) atoms. The van der Waals surface area contributed by atoms with Crippen molar-refractivity contribution in [3.8, 4) is 0 Å². The smallest absolute Gasteiger partial charge is 0.394 e. The molecule has 8 atom stereocenters. The number of hydrogen-bond donors (Lipinski definition) is 7. The van der Waals surface area contributed by atoms with E-state index in [1.807, 2.05) is 0 Å². The Morgan fingerprint density at radius 1 is 0.645 bits per heavy atom. The molecule has 0 saturated carbocycles. The number of nitrogens with one attached hydrogen (secondary N) is 1. The highest BCUT2D eigenvalue weighted by Gasteiger charge is 2.48. The van der Waals surface area contributed by atoms with E-state index in [0.717, 1.165) is 44.9 Å². The summed E-state index contributed by atoms with van der Waals surface area (Å²) < 4.78 is 47.5. The number of carbonyl (C=O) groups is 1. The SMILES string of the molecule is CCCCCCCC/C=C\CCCCC(O)C(=O)NC(COC1OC(CO)C(O)C(OS(=O)(=O)O)C1O)C(O)/C=C/CC/C=C/CC/C=C/CCCCCCCCCCCCC. The van der Waals surface area contributed by atoms with E-state index in [9.17, 15) is 43.3 Å². The van der Waals surface area contributed by atoms with Crippen molar-refractivity contribution in [2.75, 3.05) is 13.2 Å². The summed E-state index contributed by atoms with van der Waals surface area (Å²) in [6.07, 6.45) is 34.9. The maximum absolute atomic E-state index is 13.1. The Balaban J connectivity index is 2.60. The standard InChI is InChI=1S/C48H87NO12S/c1-3-5-7-9-11-13-15-17-18-19-20-21-22-23-24-25-27-28-30-32-34-36-41(51)40(39-59-48-45(54)46(61-62(56,57)58)44(53)43(38-50)60-48)49-47(55)42(52)37-35-33-31-29-26-16-14-12-10-8-6-4-2/h22-23,26-29,34,36,40-46,48,50-54H,3-21,24-25,30-33,35,37-39H2,1-2H3,(H,49,55)(H,56,57,58)/b23-22+,28-27+,29-26-,36-34+. The summed E-state index contributed by atoms with van der Waals surface area (Å²) in [6, 6.07) is -1.15. The van der Waals surface area contributed by atoms with Crippen LogP contribution in [0.4, 0.5) is 0 Å². The lowest BCUT2D eigenvalue weighted by Crippen LogP contribution is -2.61. The molecule has 1 aliphatic heterocycles. The van der Waals surface area contributed by atoms with Gasteiger partial charge in [0.15, 0.2) is 6.29 Å². The van der Waals surface area contributed by atoms with Crippen LogP contribution in [0.15, 0.2) is 48.6 Å². The first-order chi connectivity index (χ1) is 29.9. The van der Waals surface area contributed by atoms with E-state index in [-0.39, 0.29) is 6.42 Å². The van der Waals surface area contributed by atoms with Gasteiger partial charge >= 0.3 is 10.4 Å². The predicted octanol–water partition coefficient (Wildman–Crippen LogP) is 8.63. The van der Waals surface area contributed by atoms with Crippen LogP contribution in [0.5, 0.6) is 0 Å². The second kappa shape index (κ2) is 38.3. The Morgan fingerprint density at radius 3 is 1.55 bits per heavy atom. The minimum atomic E-state index is -5.13. The minimum Gasteiger partial charge on any atom is -0.394 e. The molecule has 7 N–H and O–H groups in total. The van der Waals surface area contributed by atoms with Crippen molar-refractivity contribution in [2.24, 2.45) is 0 Å². The Hall–Kier alpha value is -1.98. The molecule has 1 amide bonds. The van der Waals surface area contributed by atoms with Crippen LogP contribution in [-0.2, 0) is 28.9 Å². The highest BCUT2D eigenvalue weighted by molar-refractivity contribution is 7.80. The van der Waals surface area contributed by atoms with Gasteiger partial charge in [-0.2, -0.15) is 8.42 Å². The summed E-state index contributed by atoms with van der Waals surface area (Å²) in [5.74, 6) is -0.734. The van der Waals surface area contributed by atoms with Crippen molar-refractivity contribution in [2.45, 2.75) is 236 Å². The highest BCUT2D eigenvalue weighted by Crippen LogP contribution is 2.26. The lowest BCUT2D eigenvalue weighted by molar-refractivity contribution is -0.298. The zero-order chi connectivity index (χ0) is 45.7. The van der Waals surface area contributed by atoms with Crippen molar-refractivity contribution >= 4 is 16.3 Å². The van der Waals surface area contributed by atoms with Crippen molar-refractivity contribution in [3.63, 3.8) is 0 Å². The van der Waals surface area contributed by atoms with Gasteiger partial charge in [-0.15, -0.1) is 0 Å². The molecule has 0 aliphatic carbocycles. The first-order valence-electron chi connectivity index (χ1n) is 24.1. The number of hydrogen-bond acceptors (Lipinski definition) is 11. The van der Waals surface area contributed by atoms with Crippen LogP contribution in [0, 0.1) is 0 Å². The zero-order valence-corrected chi connectivity index (χ0v) is 39.1. The predicted molar refractivity (Wildman–Crippen MR) is 247 cm³/mol. The number of aliphatic hydroxyl groups is 5. The van der Waals surface area contributed by atoms with Crippen LogP contribution >= 0.6 is 0 Å². The molecule has 0 spiro atoms. The number of unbranched alkanes of at least 4 members (excludes halogenated alkanes) is 21. The number of rotatable bonds is 40. The average Bonchev–Trinajstić information content (AvgIpc) is 3.24. The van der Waals surface area contributed by atoms with E-state index in [2.05, 4.69) is 59.8 Å². The Morgan fingerprint density at radius 2 is 1.08 bits per heavy atom. The molecule has 1 saturated heterocycles. The van der Waals surface area contributed by atoms with E-state index in [1.165, 1.54) is 115 Å². The van der Waals surface area contributed by atoms with Crippen LogP contribution in [0.1, 0.15) is 187 Å². The molecule has 0 radical (unpaired) electrons. The summed E-state index contributed by atoms with van der Waals surface area (Å²) in [7, 11) is -5.13. The molecule has 0 aromatic heterocycles. The van der Waals surface area contributed by atoms with Gasteiger partial charge in [0.05, 0.1) is 25.4 Å². The third-order valence-corrected chi connectivity index (χ3v) is 11.6. The third-order valence-electron chi connectivity index (χ3n) is 11.2. The van der Waals surface area contributed by atoms with Crippen LogP contribution in [0.2, 0.25) is 0 Å². The lowest BCUT2D eigenvalue weighted by Gasteiger charge is -2.41. The van der Waals surface area contributed by atoms with Crippen LogP contribution in [0.3, 0.4) is 0 Å². The molecule has 13 nitrogen and oxygen atoms in total. The summed E-state index contributed by atoms with van der Waals surface area (Å²) in [4.78, 5) is 13.1. The van der Waals surface area contributed by atoms with Gasteiger partial charge in [0.25, 0.3) is 0 Å². The van der Waals surface area contributed by atoms with Gasteiger partial charge in [0, 0.05) is 0 Å². The lowest BCUT2D eigenvalue weighted by atomic mass is 9.99. The molecule has 0 aromatic rings. The van der Waals surface area contributed by atoms with E-state index in [0.29, 0.717) is 12.8 Å². The summed E-state index contributed by atoms with van der Waals surface area (Å²) in [6.45, 7) is 3.17. The third kappa shape index (κ3) is 30.2. The van der Waals surface area contributed by atoms with Crippen LogP contribution in [-0.4, -0.2) is 107 Å². The molecule has 362 valence electrons. The van der Waals surface area contributed by atoms with Gasteiger partial charge in [0.2, 0.25) is 5.91 Å². The fraction of sp³-hybridized carbons (Fsp3) is 0.812.